The van der Waals surface area contributed by atoms with Crippen LogP contribution >= 0.6 is 12.4 Å². The summed E-state index contributed by atoms with van der Waals surface area (Å²) in [6.07, 6.45) is -3.40. The van der Waals surface area contributed by atoms with Crippen molar-refractivity contribution in [2.75, 3.05) is 26.2 Å². The zero-order chi connectivity index (χ0) is 17.6. The van der Waals surface area contributed by atoms with Crippen LogP contribution in [-0.4, -0.2) is 46.8 Å². The number of hydrogen-bond acceptors (Lipinski definition) is 3. The quantitative estimate of drug-likeness (QED) is 0.863. The first-order chi connectivity index (χ1) is 11.9. The Kier molecular flexibility index (Phi) is 4.98. The summed E-state index contributed by atoms with van der Waals surface area (Å²) in [7, 11) is 0. The molecule has 0 spiro atoms. The zero-order valence-electron chi connectivity index (χ0n) is 13.7. The molecule has 5 nitrogen and oxygen atoms in total. The van der Waals surface area contributed by atoms with Gasteiger partial charge in [0, 0.05) is 31.7 Å². The van der Waals surface area contributed by atoms with Gasteiger partial charge in [-0.15, -0.1) is 12.4 Å². The minimum absolute atomic E-state index is 0. The highest BCUT2D eigenvalue weighted by Gasteiger charge is 2.38. The van der Waals surface area contributed by atoms with Gasteiger partial charge in [0.25, 0.3) is 5.91 Å². The third-order valence-corrected chi connectivity index (χ3v) is 4.95. The van der Waals surface area contributed by atoms with Crippen LogP contribution in [0.2, 0.25) is 0 Å². The smallest absolute Gasteiger partial charge is 0.338 e. The van der Waals surface area contributed by atoms with E-state index in [1.165, 1.54) is 12.1 Å². The molecule has 2 fully saturated rings. The molecule has 2 atom stereocenters. The number of halogens is 4. The molecule has 1 amide bonds. The molecule has 2 aliphatic heterocycles. The van der Waals surface area contributed by atoms with Crippen LogP contribution in [0.3, 0.4) is 0 Å². The van der Waals surface area contributed by atoms with Gasteiger partial charge < -0.3 is 10.2 Å². The fourth-order valence-corrected chi connectivity index (χ4v) is 3.70. The molecule has 4 rings (SSSR count). The Labute approximate surface area is 154 Å². The van der Waals surface area contributed by atoms with E-state index in [2.05, 4.69) is 10.4 Å². The van der Waals surface area contributed by atoms with Crippen molar-refractivity contribution < 1.29 is 18.0 Å². The number of amides is 1. The molecule has 9 heteroatoms. The van der Waals surface area contributed by atoms with Gasteiger partial charge in [-0.05, 0) is 36.1 Å². The van der Waals surface area contributed by atoms with Crippen LogP contribution in [0.15, 0.2) is 36.5 Å². The van der Waals surface area contributed by atoms with Gasteiger partial charge in [-0.2, -0.15) is 18.3 Å². The second-order valence-electron chi connectivity index (χ2n) is 6.56. The summed E-state index contributed by atoms with van der Waals surface area (Å²) >= 11 is 0. The fourth-order valence-electron chi connectivity index (χ4n) is 3.70. The Bertz CT molecular complexity index is 795. The summed E-state index contributed by atoms with van der Waals surface area (Å²) in [5.74, 6) is 0.794. The molecule has 0 aliphatic carbocycles. The summed E-state index contributed by atoms with van der Waals surface area (Å²) in [6, 6.07) is 7.12. The Balaban J connectivity index is 0.00000196. The highest BCUT2D eigenvalue weighted by atomic mass is 35.5. The van der Waals surface area contributed by atoms with Crippen LogP contribution in [-0.2, 0) is 6.18 Å². The van der Waals surface area contributed by atoms with Crippen LogP contribution in [0.25, 0.3) is 5.69 Å². The molecule has 140 valence electrons. The lowest BCUT2D eigenvalue weighted by Gasteiger charge is -2.18. The van der Waals surface area contributed by atoms with Crippen LogP contribution in [0.1, 0.15) is 16.1 Å². The molecular weight excluding hydrogens is 369 g/mol. The van der Waals surface area contributed by atoms with Gasteiger partial charge in [0.15, 0.2) is 0 Å². The van der Waals surface area contributed by atoms with Gasteiger partial charge in [0.05, 0.1) is 11.9 Å². The average Bonchev–Trinajstić information content (AvgIpc) is 3.28. The lowest BCUT2D eigenvalue weighted by molar-refractivity contribution is -0.142. The van der Waals surface area contributed by atoms with E-state index in [-0.39, 0.29) is 24.0 Å². The maximum atomic E-state index is 13.1. The van der Waals surface area contributed by atoms with Crippen molar-refractivity contribution in [2.24, 2.45) is 11.8 Å². The van der Waals surface area contributed by atoms with Gasteiger partial charge >= 0.3 is 6.18 Å². The molecular formula is C17H18ClF3N4O. The van der Waals surface area contributed by atoms with Crippen molar-refractivity contribution in [3.05, 3.63) is 47.8 Å². The lowest BCUT2D eigenvalue weighted by atomic mass is 10.0. The van der Waals surface area contributed by atoms with E-state index in [1.54, 1.807) is 17.0 Å². The van der Waals surface area contributed by atoms with Crippen molar-refractivity contribution in [1.82, 2.24) is 20.0 Å². The van der Waals surface area contributed by atoms with E-state index in [9.17, 15) is 18.0 Å². The van der Waals surface area contributed by atoms with Crippen LogP contribution in [0.4, 0.5) is 13.2 Å². The number of benzene rings is 1. The van der Waals surface area contributed by atoms with E-state index in [4.69, 9.17) is 0 Å². The molecule has 1 aromatic carbocycles. The summed E-state index contributed by atoms with van der Waals surface area (Å²) in [5, 5.41) is 7.08. The van der Waals surface area contributed by atoms with Crippen molar-refractivity contribution in [2.45, 2.75) is 6.18 Å². The third kappa shape index (κ3) is 3.31. The maximum Gasteiger partial charge on any atom is 0.433 e. The van der Waals surface area contributed by atoms with Crippen LogP contribution < -0.4 is 5.32 Å². The Morgan fingerprint density at radius 3 is 2.50 bits per heavy atom. The lowest BCUT2D eigenvalue weighted by Crippen LogP contribution is -2.31. The zero-order valence-corrected chi connectivity index (χ0v) is 14.6. The molecule has 0 bridgehead atoms. The predicted octanol–water partition coefficient (Wildman–Crippen LogP) is 2.60. The Hall–Kier alpha value is -2.06. The van der Waals surface area contributed by atoms with E-state index >= 15 is 0 Å². The minimum Gasteiger partial charge on any atom is -0.338 e. The van der Waals surface area contributed by atoms with Crippen molar-refractivity contribution >= 4 is 18.3 Å². The second kappa shape index (κ2) is 6.92. The van der Waals surface area contributed by atoms with Gasteiger partial charge in [-0.1, -0.05) is 6.07 Å². The summed E-state index contributed by atoms with van der Waals surface area (Å²) < 4.78 is 40.0. The second-order valence-corrected chi connectivity index (χ2v) is 6.56. The Morgan fingerprint density at radius 1 is 1.15 bits per heavy atom. The van der Waals surface area contributed by atoms with Gasteiger partial charge in [0.2, 0.25) is 0 Å². The summed E-state index contributed by atoms with van der Waals surface area (Å²) in [4.78, 5) is 14.5. The first-order valence-corrected chi connectivity index (χ1v) is 8.15. The monoisotopic (exact) mass is 386 g/mol. The van der Waals surface area contributed by atoms with Crippen molar-refractivity contribution in [3.63, 3.8) is 0 Å². The number of rotatable bonds is 2. The number of hydrogen-bond donors (Lipinski definition) is 1. The molecule has 2 aliphatic rings. The summed E-state index contributed by atoms with van der Waals surface area (Å²) in [5.41, 5.74) is -0.253. The highest BCUT2D eigenvalue weighted by Crippen LogP contribution is 2.31. The van der Waals surface area contributed by atoms with Crippen LogP contribution in [0, 0.1) is 11.8 Å². The van der Waals surface area contributed by atoms with E-state index < -0.39 is 11.9 Å². The molecule has 2 saturated heterocycles. The topological polar surface area (TPSA) is 50.2 Å². The minimum atomic E-state index is -4.50. The molecule has 3 heterocycles. The standard InChI is InChI=1S/C17H17F3N4O.ClH/c18-17(19,20)15-4-5-22-24(15)14-3-1-2-11(6-14)16(25)23-9-12-7-21-8-13(12)10-23;/h1-6,12-13,21H,7-10H2;1H/t12-,13+;. The maximum absolute atomic E-state index is 13.1. The number of nitrogens with zero attached hydrogens (tertiary/aromatic N) is 3. The first-order valence-electron chi connectivity index (χ1n) is 8.15. The predicted molar refractivity (Wildman–Crippen MR) is 91.6 cm³/mol. The number of carbonyl (C=O) groups excluding carboxylic acids is 1. The fraction of sp³-hybridized carbons (Fsp3) is 0.412. The first kappa shape index (κ1) is 18.7. The number of aromatic nitrogens is 2. The Morgan fingerprint density at radius 2 is 1.85 bits per heavy atom. The normalized spacial score (nSPS) is 22.2. The molecule has 0 unspecified atom stereocenters. The van der Waals surface area contributed by atoms with E-state index in [0.29, 0.717) is 30.5 Å². The van der Waals surface area contributed by atoms with Gasteiger partial charge in [-0.3, -0.25) is 4.79 Å². The molecule has 1 N–H and O–H groups in total. The highest BCUT2D eigenvalue weighted by molar-refractivity contribution is 5.95. The molecule has 0 radical (unpaired) electrons. The number of likely N-dealkylation sites (tertiary alicyclic amines) is 1. The van der Waals surface area contributed by atoms with Gasteiger partial charge in [0.1, 0.15) is 5.69 Å². The third-order valence-electron chi connectivity index (χ3n) is 4.95. The molecule has 2 aromatic rings. The molecule has 26 heavy (non-hydrogen) atoms. The number of fused-ring (bicyclic) bond motifs is 1. The van der Waals surface area contributed by atoms with Crippen molar-refractivity contribution in [1.29, 1.82) is 0 Å². The van der Waals surface area contributed by atoms with Crippen LogP contribution in [0.5, 0.6) is 0 Å². The number of carbonyl (C=O) groups is 1. The SMILES string of the molecule is Cl.O=C(c1cccc(-n2nccc2C(F)(F)F)c1)N1C[C@H]2CNC[C@H]2C1. The van der Waals surface area contributed by atoms with Gasteiger partial charge in [-0.25, -0.2) is 4.68 Å². The van der Waals surface area contributed by atoms with E-state index in [1.807, 2.05) is 0 Å². The number of alkyl halides is 3. The molecule has 0 saturated carbocycles. The van der Waals surface area contributed by atoms with E-state index in [0.717, 1.165) is 30.0 Å². The average molecular weight is 387 g/mol. The van der Waals surface area contributed by atoms with Crippen molar-refractivity contribution in [3.8, 4) is 5.69 Å². The molecule has 1 aromatic heterocycles. The largest absolute Gasteiger partial charge is 0.433 e. The number of nitrogens with one attached hydrogen (secondary N) is 1. The summed E-state index contributed by atoms with van der Waals surface area (Å²) in [6.45, 7) is 3.21.